The topological polar surface area (TPSA) is 59.2 Å². The highest BCUT2D eigenvalue weighted by atomic mass is 19.4. The lowest BCUT2D eigenvalue weighted by atomic mass is 10.0. The fourth-order valence-corrected chi connectivity index (χ4v) is 1.70. The number of aldehydes is 1. The Balaban J connectivity index is 2.46. The van der Waals surface area contributed by atoms with E-state index in [2.05, 4.69) is 9.72 Å². The maximum absolute atomic E-state index is 12.1. The van der Waals surface area contributed by atoms with Crippen LogP contribution in [0.25, 0.3) is 11.1 Å². The van der Waals surface area contributed by atoms with Crippen LogP contribution in [0.2, 0.25) is 0 Å². The fraction of sp³-hybridized carbons (Fsp3) is 0.0769. The summed E-state index contributed by atoms with van der Waals surface area (Å²) in [5, 5.41) is 0. The van der Waals surface area contributed by atoms with E-state index in [1.807, 2.05) is 0 Å². The summed E-state index contributed by atoms with van der Waals surface area (Å²) in [6.07, 6.45) is -3.07. The van der Waals surface area contributed by atoms with Crippen LogP contribution in [0.4, 0.5) is 13.2 Å². The van der Waals surface area contributed by atoms with Gasteiger partial charge in [-0.25, -0.2) is 0 Å². The van der Waals surface area contributed by atoms with Crippen LogP contribution in [0.1, 0.15) is 10.4 Å². The summed E-state index contributed by atoms with van der Waals surface area (Å²) in [5.41, 5.74) is 0.244. The molecule has 1 aromatic carbocycles. The molecule has 0 bridgehead atoms. The van der Waals surface area contributed by atoms with E-state index < -0.39 is 17.7 Å². The van der Waals surface area contributed by atoms with Gasteiger partial charge in [0.1, 0.15) is 5.75 Å². The molecule has 0 atom stereocenters. The number of halogens is 3. The molecule has 0 aliphatic heterocycles. The van der Waals surface area contributed by atoms with Crippen molar-refractivity contribution in [2.24, 2.45) is 0 Å². The number of H-pyrrole nitrogens is 1. The first-order valence-electron chi connectivity index (χ1n) is 5.43. The monoisotopic (exact) mass is 283 g/mol. The van der Waals surface area contributed by atoms with Gasteiger partial charge in [-0.2, -0.15) is 0 Å². The first-order valence-corrected chi connectivity index (χ1v) is 5.43. The molecule has 0 saturated heterocycles. The second kappa shape index (κ2) is 5.20. The molecule has 104 valence electrons. The van der Waals surface area contributed by atoms with E-state index in [0.29, 0.717) is 17.4 Å². The molecule has 0 radical (unpaired) electrons. The molecule has 20 heavy (non-hydrogen) atoms. The second-order valence-electron chi connectivity index (χ2n) is 3.86. The maximum Gasteiger partial charge on any atom is 0.573 e. The number of rotatable bonds is 3. The number of ether oxygens (including phenoxy) is 1. The number of carbonyl (C=O) groups is 1. The summed E-state index contributed by atoms with van der Waals surface area (Å²) >= 11 is 0. The summed E-state index contributed by atoms with van der Waals surface area (Å²) in [6.45, 7) is 0. The molecule has 0 amide bonds. The van der Waals surface area contributed by atoms with E-state index in [4.69, 9.17) is 0 Å². The Kier molecular flexibility index (Phi) is 3.60. The number of nitrogens with one attached hydrogen (secondary N) is 1. The molecule has 0 spiro atoms. The number of benzene rings is 1. The summed E-state index contributed by atoms with van der Waals surface area (Å²) in [7, 11) is 0. The van der Waals surface area contributed by atoms with Gasteiger partial charge in [-0.1, -0.05) is 12.1 Å². The highest BCUT2D eigenvalue weighted by molar-refractivity contribution is 5.87. The van der Waals surface area contributed by atoms with E-state index in [-0.39, 0.29) is 5.56 Å². The van der Waals surface area contributed by atoms with E-state index in [1.165, 1.54) is 18.3 Å². The summed E-state index contributed by atoms with van der Waals surface area (Å²) in [4.78, 5) is 24.4. The van der Waals surface area contributed by atoms with Gasteiger partial charge in [0.25, 0.3) is 0 Å². The van der Waals surface area contributed by atoms with E-state index in [1.54, 1.807) is 0 Å². The predicted molar refractivity (Wildman–Crippen MR) is 64.6 cm³/mol. The predicted octanol–water partition coefficient (Wildman–Crippen LogP) is 2.75. The molecule has 1 aromatic heterocycles. The molecule has 0 fully saturated rings. The molecule has 7 heteroatoms. The SMILES string of the molecule is O=Cc1cc(=O)[nH]cc1-c1cccc(OC(F)(F)F)c1. The number of hydrogen-bond donors (Lipinski definition) is 1. The number of hydrogen-bond acceptors (Lipinski definition) is 3. The van der Waals surface area contributed by atoms with Gasteiger partial charge in [0.15, 0.2) is 6.29 Å². The Hall–Kier alpha value is -2.57. The minimum Gasteiger partial charge on any atom is -0.406 e. The van der Waals surface area contributed by atoms with Crippen LogP contribution < -0.4 is 10.3 Å². The molecule has 2 aromatic rings. The van der Waals surface area contributed by atoms with Crippen LogP contribution in [0.5, 0.6) is 5.75 Å². The maximum atomic E-state index is 12.1. The van der Waals surface area contributed by atoms with Crippen molar-refractivity contribution in [3.8, 4) is 16.9 Å². The van der Waals surface area contributed by atoms with E-state index in [0.717, 1.165) is 18.2 Å². The van der Waals surface area contributed by atoms with Crippen LogP contribution in [-0.4, -0.2) is 17.6 Å². The Morgan fingerprint density at radius 1 is 1.20 bits per heavy atom. The summed E-state index contributed by atoms with van der Waals surface area (Å²) in [5.74, 6) is -0.405. The van der Waals surface area contributed by atoms with Gasteiger partial charge >= 0.3 is 6.36 Å². The average Bonchev–Trinajstić information content (AvgIpc) is 2.36. The zero-order chi connectivity index (χ0) is 14.8. The van der Waals surface area contributed by atoms with Gasteiger partial charge in [-0.3, -0.25) is 9.59 Å². The molecule has 4 nitrogen and oxygen atoms in total. The lowest BCUT2D eigenvalue weighted by Crippen LogP contribution is -2.17. The van der Waals surface area contributed by atoms with Crippen molar-refractivity contribution in [3.63, 3.8) is 0 Å². The van der Waals surface area contributed by atoms with Gasteiger partial charge in [-0.05, 0) is 17.7 Å². The summed E-state index contributed by atoms with van der Waals surface area (Å²) < 4.78 is 40.2. The molecule has 1 N–H and O–H groups in total. The zero-order valence-electron chi connectivity index (χ0n) is 9.90. The van der Waals surface area contributed by atoms with Crippen molar-refractivity contribution in [2.75, 3.05) is 0 Å². The molecule has 0 unspecified atom stereocenters. The highest BCUT2D eigenvalue weighted by Gasteiger charge is 2.31. The molecular weight excluding hydrogens is 275 g/mol. The van der Waals surface area contributed by atoms with Gasteiger partial charge in [-0.15, -0.1) is 13.2 Å². The third-order valence-electron chi connectivity index (χ3n) is 2.46. The van der Waals surface area contributed by atoms with Crippen molar-refractivity contribution in [1.82, 2.24) is 4.98 Å². The minimum absolute atomic E-state index is 0.0814. The first kappa shape index (κ1) is 13.9. The van der Waals surface area contributed by atoms with Crippen molar-refractivity contribution < 1.29 is 22.7 Å². The van der Waals surface area contributed by atoms with Crippen molar-refractivity contribution in [3.05, 3.63) is 52.4 Å². The normalized spacial score (nSPS) is 11.2. The lowest BCUT2D eigenvalue weighted by Gasteiger charge is -2.10. The van der Waals surface area contributed by atoms with Gasteiger partial charge in [0, 0.05) is 23.4 Å². The largest absolute Gasteiger partial charge is 0.573 e. The van der Waals surface area contributed by atoms with Crippen LogP contribution in [0.3, 0.4) is 0 Å². The zero-order valence-corrected chi connectivity index (χ0v) is 9.90. The number of pyridine rings is 1. The average molecular weight is 283 g/mol. The smallest absolute Gasteiger partial charge is 0.406 e. The number of aromatic nitrogens is 1. The fourth-order valence-electron chi connectivity index (χ4n) is 1.70. The number of carbonyl (C=O) groups excluding carboxylic acids is 1. The quantitative estimate of drug-likeness (QED) is 0.881. The standard InChI is InChI=1S/C13H8F3NO3/c14-13(15,16)20-10-3-1-2-8(4-10)11-6-17-12(19)5-9(11)7-18/h1-7H,(H,17,19). The minimum atomic E-state index is -4.79. The Morgan fingerprint density at radius 3 is 2.60 bits per heavy atom. The molecule has 1 heterocycles. The van der Waals surface area contributed by atoms with Crippen molar-refractivity contribution in [1.29, 1.82) is 0 Å². The Morgan fingerprint density at radius 2 is 1.95 bits per heavy atom. The second-order valence-corrected chi connectivity index (χ2v) is 3.86. The highest BCUT2D eigenvalue weighted by Crippen LogP contribution is 2.28. The third-order valence-corrected chi connectivity index (χ3v) is 2.46. The number of alkyl halides is 3. The Bertz CT molecular complexity index is 692. The van der Waals surface area contributed by atoms with Crippen molar-refractivity contribution in [2.45, 2.75) is 6.36 Å². The third kappa shape index (κ3) is 3.25. The molecular formula is C13H8F3NO3. The van der Waals surface area contributed by atoms with Gasteiger partial charge in [0.2, 0.25) is 5.56 Å². The lowest BCUT2D eigenvalue weighted by molar-refractivity contribution is -0.274. The van der Waals surface area contributed by atoms with Crippen LogP contribution in [0.15, 0.2) is 41.3 Å². The molecule has 0 saturated carbocycles. The molecule has 0 aliphatic rings. The van der Waals surface area contributed by atoms with Crippen LogP contribution >= 0.6 is 0 Å². The van der Waals surface area contributed by atoms with Crippen molar-refractivity contribution >= 4 is 6.29 Å². The van der Waals surface area contributed by atoms with Crippen LogP contribution in [-0.2, 0) is 0 Å². The Labute approximate surface area is 110 Å². The summed E-state index contributed by atoms with van der Waals surface area (Å²) in [6, 6.07) is 6.21. The number of aromatic amines is 1. The van der Waals surface area contributed by atoms with E-state index >= 15 is 0 Å². The van der Waals surface area contributed by atoms with Crippen LogP contribution in [0, 0.1) is 0 Å². The van der Waals surface area contributed by atoms with Gasteiger partial charge < -0.3 is 9.72 Å². The van der Waals surface area contributed by atoms with E-state index in [9.17, 15) is 22.8 Å². The van der Waals surface area contributed by atoms with Gasteiger partial charge in [0.05, 0.1) is 0 Å². The first-order chi connectivity index (χ1) is 9.39. The molecule has 0 aliphatic carbocycles. The molecule has 2 rings (SSSR count).